The molecule has 0 aromatic heterocycles. The summed E-state index contributed by atoms with van der Waals surface area (Å²) in [6, 6.07) is 0. The first-order valence-corrected chi connectivity index (χ1v) is 7.86. The molecule has 1 saturated carbocycles. The molecule has 2 N–H and O–H groups in total. The molecule has 3 atom stereocenters. The van der Waals surface area contributed by atoms with Crippen molar-refractivity contribution in [1.82, 2.24) is 4.90 Å². The van der Waals surface area contributed by atoms with E-state index in [0.29, 0.717) is 5.54 Å². The largest absolute Gasteiger partial charge is 0.329 e. The minimum atomic E-state index is 0.340. The highest BCUT2D eigenvalue weighted by molar-refractivity contribution is 7.99. The molecule has 0 radical (unpaired) electrons. The van der Waals surface area contributed by atoms with Crippen LogP contribution >= 0.6 is 11.8 Å². The second-order valence-electron chi connectivity index (χ2n) is 5.73. The number of nitrogens with zero attached hydrogens (tertiary/aromatic N) is 1. The van der Waals surface area contributed by atoms with Gasteiger partial charge in [-0.1, -0.05) is 13.8 Å². The van der Waals surface area contributed by atoms with Crippen LogP contribution in [0.4, 0.5) is 0 Å². The first-order valence-electron chi connectivity index (χ1n) is 6.71. The highest BCUT2D eigenvalue weighted by atomic mass is 32.2. The van der Waals surface area contributed by atoms with Crippen LogP contribution in [0.2, 0.25) is 0 Å². The van der Waals surface area contributed by atoms with E-state index in [-0.39, 0.29) is 0 Å². The van der Waals surface area contributed by atoms with E-state index in [4.69, 9.17) is 5.73 Å². The zero-order valence-electron chi connectivity index (χ0n) is 10.7. The van der Waals surface area contributed by atoms with Crippen molar-refractivity contribution in [2.24, 2.45) is 17.6 Å². The highest BCUT2D eigenvalue weighted by Crippen LogP contribution is 2.40. The molecule has 3 unspecified atom stereocenters. The fraction of sp³-hybridized carbons (Fsp3) is 1.00. The molecule has 16 heavy (non-hydrogen) atoms. The number of thioether (sulfide) groups is 1. The molecule has 2 aliphatic rings. The molecular weight excluding hydrogens is 216 g/mol. The monoisotopic (exact) mass is 242 g/mol. The Bertz CT molecular complexity index is 228. The summed E-state index contributed by atoms with van der Waals surface area (Å²) in [6.07, 6.45) is 4.00. The van der Waals surface area contributed by atoms with Gasteiger partial charge in [0, 0.05) is 36.7 Å². The van der Waals surface area contributed by atoms with Crippen LogP contribution in [0.1, 0.15) is 33.1 Å². The highest BCUT2D eigenvalue weighted by Gasteiger charge is 2.41. The Morgan fingerprint density at radius 2 is 1.94 bits per heavy atom. The molecule has 1 aliphatic carbocycles. The van der Waals surface area contributed by atoms with E-state index in [0.717, 1.165) is 18.4 Å². The number of nitrogens with two attached hydrogens (primary N) is 1. The van der Waals surface area contributed by atoms with E-state index >= 15 is 0 Å². The molecule has 2 nitrogen and oxygen atoms in total. The van der Waals surface area contributed by atoms with Crippen LogP contribution in [0, 0.1) is 11.8 Å². The molecule has 0 amide bonds. The van der Waals surface area contributed by atoms with Gasteiger partial charge in [-0.3, -0.25) is 4.90 Å². The Balaban J connectivity index is 2.06. The van der Waals surface area contributed by atoms with E-state index in [1.165, 1.54) is 43.9 Å². The van der Waals surface area contributed by atoms with E-state index in [2.05, 4.69) is 30.5 Å². The van der Waals surface area contributed by atoms with Gasteiger partial charge in [-0.15, -0.1) is 0 Å². The Morgan fingerprint density at radius 3 is 2.50 bits per heavy atom. The molecule has 0 aromatic carbocycles. The fourth-order valence-electron chi connectivity index (χ4n) is 3.32. The Hall–Kier alpha value is 0.270. The van der Waals surface area contributed by atoms with Crippen LogP contribution in [0.3, 0.4) is 0 Å². The van der Waals surface area contributed by atoms with Crippen LogP contribution in [0.15, 0.2) is 0 Å². The van der Waals surface area contributed by atoms with Gasteiger partial charge in [0.2, 0.25) is 0 Å². The molecule has 3 heteroatoms. The molecule has 2 rings (SSSR count). The van der Waals surface area contributed by atoms with Gasteiger partial charge in [-0.25, -0.2) is 0 Å². The zero-order valence-corrected chi connectivity index (χ0v) is 11.6. The van der Waals surface area contributed by atoms with Crippen molar-refractivity contribution in [2.45, 2.75) is 38.6 Å². The minimum Gasteiger partial charge on any atom is -0.329 e. The maximum absolute atomic E-state index is 6.13. The quantitative estimate of drug-likeness (QED) is 0.805. The molecule has 0 spiro atoms. The van der Waals surface area contributed by atoms with Crippen LogP contribution in [0.25, 0.3) is 0 Å². The number of hydrogen-bond acceptors (Lipinski definition) is 3. The first kappa shape index (κ1) is 12.7. The summed E-state index contributed by atoms with van der Waals surface area (Å²) in [7, 11) is 0. The smallest absolute Gasteiger partial charge is 0.0335 e. The lowest BCUT2D eigenvalue weighted by Gasteiger charge is -2.50. The molecule has 1 aliphatic heterocycles. The molecule has 1 heterocycles. The van der Waals surface area contributed by atoms with E-state index < -0.39 is 0 Å². The lowest BCUT2D eigenvalue weighted by molar-refractivity contribution is 0.0284. The molecule has 94 valence electrons. The summed E-state index contributed by atoms with van der Waals surface area (Å²) in [4.78, 5) is 2.70. The predicted molar refractivity (Wildman–Crippen MR) is 72.9 cm³/mol. The third-order valence-corrected chi connectivity index (χ3v) is 5.74. The van der Waals surface area contributed by atoms with Crippen molar-refractivity contribution in [3.63, 3.8) is 0 Å². The third kappa shape index (κ3) is 2.41. The van der Waals surface area contributed by atoms with Crippen molar-refractivity contribution < 1.29 is 0 Å². The van der Waals surface area contributed by atoms with Crippen LogP contribution in [0.5, 0.6) is 0 Å². The lowest BCUT2D eigenvalue weighted by atomic mass is 9.70. The third-order valence-electron chi connectivity index (χ3n) is 4.80. The summed E-state index contributed by atoms with van der Waals surface area (Å²) < 4.78 is 0. The summed E-state index contributed by atoms with van der Waals surface area (Å²) >= 11 is 2.09. The van der Waals surface area contributed by atoms with Gasteiger partial charge >= 0.3 is 0 Å². The Morgan fingerprint density at radius 1 is 1.25 bits per heavy atom. The summed E-state index contributed by atoms with van der Waals surface area (Å²) in [5.74, 6) is 4.32. The number of hydrogen-bond donors (Lipinski definition) is 1. The second-order valence-corrected chi connectivity index (χ2v) is 6.95. The van der Waals surface area contributed by atoms with Gasteiger partial charge < -0.3 is 5.73 Å². The van der Waals surface area contributed by atoms with Crippen molar-refractivity contribution in [1.29, 1.82) is 0 Å². The standard InChI is InChI=1S/C13H26N2S/c1-11-3-4-13(10-14,9-12(11)2)15-5-7-16-8-6-15/h11-12H,3-10,14H2,1-2H3. The van der Waals surface area contributed by atoms with Gasteiger partial charge in [0.1, 0.15) is 0 Å². The topological polar surface area (TPSA) is 29.3 Å². The average Bonchev–Trinajstić information content (AvgIpc) is 2.34. The van der Waals surface area contributed by atoms with Gasteiger partial charge in [0.05, 0.1) is 0 Å². The summed E-state index contributed by atoms with van der Waals surface area (Å²) in [5.41, 5.74) is 6.47. The molecule has 0 bridgehead atoms. The van der Waals surface area contributed by atoms with Gasteiger partial charge in [-0.2, -0.15) is 11.8 Å². The Kier molecular flexibility index (Phi) is 4.20. The maximum atomic E-state index is 6.13. The zero-order chi connectivity index (χ0) is 11.6. The first-order chi connectivity index (χ1) is 7.68. The molecule has 0 aromatic rings. The lowest BCUT2D eigenvalue weighted by Crippen LogP contribution is -2.59. The minimum absolute atomic E-state index is 0.340. The van der Waals surface area contributed by atoms with Gasteiger partial charge in [0.15, 0.2) is 0 Å². The Labute approximate surface area is 104 Å². The average molecular weight is 242 g/mol. The SMILES string of the molecule is CC1CCC(CN)(N2CCSCC2)CC1C. The molecule has 1 saturated heterocycles. The summed E-state index contributed by atoms with van der Waals surface area (Å²) in [6.45, 7) is 8.17. The number of rotatable bonds is 2. The van der Waals surface area contributed by atoms with Crippen LogP contribution in [-0.2, 0) is 0 Å². The maximum Gasteiger partial charge on any atom is 0.0335 e. The fourth-order valence-corrected chi connectivity index (χ4v) is 4.23. The van der Waals surface area contributed by atoms with Crippen LogP contribution < -0.4 is 5.73 Å². The second kappa shape index (κ2) is 5.28. The van der Waals surface area contributed by atoms with Crippen molar-refractivity contribution >= 4 is 11.8 Å². The van der Waals surface area contributed by atoms with Crippen molar-refractivity contribution in [3.05, 3.63) is 0 Å². The van der Waals surface area contributed by atoms with Crippen molar-refractivity contribution in [3.8, 4) is 0 Å². The predicted octanol–water partition coefficient (Wildman–Crippen LogP) is 2.19. The normalized spacial score (nSPS) is 42.2. The molecular formula is C13H26N2S. The summed E-state index contributed by atoms with van der Waals surface area (Å²) in [5, 5.41) is 0. The van der Waals surface area contributed by atoms with E-state index in [1.54, 1.807) is 0 Å². The van der Waals surface area contributed by atoms with E-state index in [9.17, 15) is 0 Å². The van der Waals surface area contributed by atoms with Gasteiger partial charge in [0.25, 0.3) is 0 Å². The van der Waals surface area contributed by atoms with Crippen LogP contribution in [-0.4, -0.2) is 41.6 Å². The van der Waals surface area contributed by atoms with Gasteiger partial charge in [-0.05, 0) is 31.1 Å². The van der Waals surface area contributed by atoms with E-state index in [1.807, 2.05) is 0 Å². The van der Waals surface area contributed by atoms with Crippen molar-refractivity contribution in [2.75, 3.05) is 31.1 Å². The molecule has 2 fully saturated rings.